The van der Waals surface area contributed by atoms with Gasteiger partial charge >= 0.3 is 0 Å². The van der Waals surface area contributed by atoms with Gasteiger partial charge in [-0.2, -0.15) is 0 Å². The number of carbonyl (C=O) groups excluding carboxylic acids is 1. The van der Waals surface area contributed by atoms with E-state index in [0.717, 1.165) is 16.5 Å². The van der Waals surface area contributed by atoms with Crippen molar-refractivity contribution in [2.45, 2.75) is 6.92 Å². The van der Waals surface area contributed by atoms with E-state index in [1.165, 1.54) is 4.90 Å². The number of rotatable bonds is 1. The molecule has 2 aromatic rings. The zero-order valence-electron chi connectivity index (χ0n) is 9.07. The number of hydrogen-bond donors (Lipinski definition) is 0. The molecule has 78 valence electrons. The molecule has 2 rings (SSSR count). The van der Waals surface area contributed by atoms with E-state index in [2.05, 4.69) is 0 Å². The van der Waals surface area contributed by atoms with Crippen LogP contribution >= 0.6 is 0 Å². The average Bonchev–Trinajstić information content (AvgIpc) is 2.58. The molecule has 0 saturated carbocycles. The van der Waals surface area contributed by atoms with E-state index in [1.807, 2.05) is 25.1 Å². The van der Waals surface area contributed by atoms with Gasteiger partial charge < -0.3 is 9.32 Å². The summed E-state index contributed by atoms with van der Waals surface area (Å²) in [5, 5.41) is 0.964. The molecule has 0 fully saturated rings. The summed E-state index contributed by atoms with van der Waals surface area (Å²) in [7, 11) is 3.42. The van der Waals surface area contributed by atoms with Crippen molar-refractivity contribution in [3.8, 4) is 0 Å². The summed E-state index contributed by atoms with van der Waals surface area (Å²) >= 11 is 0. The monoisotopic (exact) mass is 203 g/mol. The summed E-state index contributed by atoms with van der Waals surface area (Å²) in [5.74, 6) is 0.282. The van der Waals surface area contributed by atoms with Crippen LogP contribution < -0.4 is 0 Å². The van der Waals surface area contributed by atoms with E-state index in [0.29, 0.717) is 5.76 Å². The Morgan fingerprint density at radius 3 is 2.67 bits per heavy atom. The van der Waals surface area contributed by atoms with E-state index in [9.17, 15) is 4.79 Å². The van der Waals surface area contributed by atoms with Gasteiger partial charge in [-0.05, 0) is 24.6 Å². The molecule has 0 aliphatic rings. The summed E-state index contributed by atoms with van der Waals surface area (Å²) in [4.78, 5) is 13.1. The summed E-state index contributed by atoms with van der Waals surface area (Å²) in [6, 6.07) is 7.67. The zero-order valence-corrected chi connectivity index (χ0v) is 9.07. The fourth-order valence-corrected chi connectivity index (χ4v) is 1.46. The molecule has 0 radical (unpaired) electrons. The number of nitrogens with zero attached hydrogens (tertiary/aromatic N) is 1. The third kappa shape index (κ3) is 1.73. The van der Waals surface area contributed by atoms with Crippen LogP contribution in [0.15, 0.2) is 28.7 Å². The van der Waals surface area contributed by atoms with Crippen molar-refractivity contribution >= 4 is 16.9 Å². The van der Waals surface area contributed by atoms with Crippen molar-refractivity contribution in [3.63, 3.8) is 0 Å². The molecule has 3 nitrogen and oxygen atoms in total. The number of benzene rings is 1. The predicted octanol–water partition coefficient (Wildman–Crippen LogP) is 2.44. The van der Waals surface area contributed by atoms with E-state index in [4.69, 9.17) is 4.42 Å². The Hall–Kier alpha value is -1.77. The third-order valence-electron chi connectivity index (χ3n) is 2.29. The second kappa shape index (κ2) is 3.42. The molecule has 3 heteroatoms. The Bertz CT molecular complexity index is 511. The van der Waals surface area contributed by atoms with Crippen molar-refractivity contribution < 1.29 is 9.21 Å². The Morgan fingerprint density at radius 1 is 1.27 bits per heavy atom. The Morgan fingerprint density at radius 2 is 2.00 bits per heavy atom. The lowest BCUT2D eigenvalue weighted by molar-refractivity contribution is 0.0799. The molecule has 0 saturated heterocycles. The first-order valence-electron chi connectivity index (χ1n) is 4.80. The first-order valence-corrected chi connectivity index (χ1v) is 4.80. The number of aryl methyl sites for hydroxylation is 1. The van der Waals surface area contributed by atoms with Crippen LogP contribution in [0.1, 0.15) is 16.1 Å². The van der Waals surface area contributed by atoms with Crippen LogP contribution in [0.3, 0.4) is 0 Å². The van der Waals surface area contributed by atoms with Gasteiger partial charge in [0.2, 0.25) is 0 Å². The fraction of sp³-hybridized carbons (Fsp3) is 0.250. The zero-order chi connectivity index (χ0) is 11.0. The van der Waals surface area contributed by atoms with Gasteiger partial charge in [-0.15, -0.1) is 0 Å². The van der Waals surface area contributed by atoms with Crippen LogP contribution in [0, 0.1) is 6.92 Å². The number of hydrogen-bond acceptors (Lipinski definition) is 2. The first-order chi connectivity index (χ1) is 7.08. The maximum absolute atomic E-state index is 11.6. The van der Waals surface area contributed by atoms with Gasteiger partial charge in [0.25, 0.3) is 5.91 Å². The molecule has 0 unspecified atom stereocenters. The number of carbonyl (C=O) groups is 1. The molecule has 0 N–H and O–H groups in total. The summed E-state index contributed by atoms with van der Waals surface area (Å²) in [6.45, 7) is 2.00. The summed E-state index contributed by atoms with van der Waals surface area (Å²) in [5.41, 5.74) is 1.89. The fourth-order valence-electron chi connectivity index (χ4n) is 1.46. The highest BCUT2D eigenvalue weighted by Crippen LogP contribution is 2.21. The van der Waals surface area contributed by atoms with Gasteiger partial charge in [-0.3, -0.25) is 4.79 Å². The number of fused-ring (bicyclic) bond motifs is 1. The minimum atomic E-state index is -0.108. The Labute approximate surface area is 88.3 Å². The van der Waals surface area contributed by atoms with Crippen LogP contribution in [-0.4, -0.2) is 24.9 Å². The van der Waals surface area contributed by atoms with E-state index in [-0.39, 0.29) is 5.91 Å². The topological polar surface area (TPSA) is 33.5 Å². The van der Waals surface area contributed by atoms with Crippen LogP contribution in [0.5, 0.6) is 0 Å². The number of amides is 1. The normalized spacial score (nSPS) is 10.6. The largest absolute Gasteiger partial charge is 0.451 e. The van der Waals surface area contributed by atoms with Gasteiger partial charge in [-0.25, -0.2) is 0 Å². The molecule has 0 aliphatic heterocycles. The minimum Gasteiger partial charge on any atom is -0.451 e. The van der Waals surface area contributed by atoms with Crippen LogP contribution in [0.25, 0.3) is 11.0 Å². The van der Waals surface area contributed by atoms with Crippen molar-refractivity contribution in [3.05, 3.63) is 35.6 Å². The smallest absolute Gasteiger partial charge is 0.289 e. The molecular formula is C12H13NO2. The van der Waals surface area contributed by atoms with Gasteiger partial charge in [0.05, 0.1) is 0 Å². The molecule has 1 heterocycles. The summed E-state index contributed by atoms with van der Waals surface area (Å²) in [6.07, 6.45) is 0. The van der Waals surface area contributed by atoms with Gasteiger partial charge in [0.1, 0.15) is 5.58 Å². The van der Waals surface area contributed by atoms with E-state index >= 15 is 0 Å². The van der Waals surface area contributed by atoms with E-state index < -0.39 is 0 Å². The molecule has 1 aromatic heterocycles. The standard InChI is InChI=1S/C12H13NO2/c1-8-4-5-9-7-11(12(14)13(2)3)15-10(9)6-8/h4-7H,1-3H3. The predicted molar refractivity (Wildman–Crippen MR) is 59.0 cm³/mol. The second-order valence-corrected chi connectivity index (χ2v) is 3.85. The molecule has 1 amide bonds. The average molecular weight is 203 g/mol. The van der Waals surface area contributed by atoms with Crippen molar-refractivity contribution in [1.29, 1.82) is 0 Å². The van der Waals surface area contributed by atoms with Gasteiger partial charge in [-0.1, -0.05) is 12.1 Å². The molecule has 0 spiro atoms. The lowest BCUT2D eigenvalue weighted by atomic mass is 10.2. The minimum absolute atomic E-state index is 0.108. The Balaban J connectivity index is 2.52. The molecule has 0 aliphatic carbocycles. The quantitative estimate of drug-likeness (QED) is 0.713. The highest BCUT2D eigenvalue weighted by Gasteiger charge is 2.13. The maximum atomic E-state index is 11.6. The molecule has 1 aromatic carbocycles. The van der Waals surface area contributed by atoms with Crippen LogP contribution in [0.2, 0.25) is 0 Å². The van der Waals surface area contributed by atoms with Crippen LogP contribution in [0.4, 0.5) is 0 Å². The molecular weight excluding hydrogens is 190 g/mol. The third-order valence-corrected chi connectivity index (χ3v) is 2.29. The van der Waals surface area contributed by atoms with Gasteiger partial charge in [0.15, 0.2) is 5.76 Å². The molecule has 15 heavy (non-hydrogen) atoms. The lowest BCUT2D eigenvalue weighted by Crippen LogP contribution is -2.20. The SMILES string of the molecule is Cc1ccc2cc(C(=O)N(C)C)oc2c1. The second-order valence-electron chi connectivity index (χ2n) is 3.85. The van der Waals surface area contributed by atoms with Crippen molar-refractivity contribution in [2.75, 3.05) is 14.1 Å². The van der Waals surface area contributed by atoms with E-state index in [1.54, 1.807) is 20.2 Å². The van der Waals surface area contributed by atoms with Crippen molar-refractivity contribution in [1.82, 2.24) is 4.90 Å². The lowest BCUT2D eigenvalue weighted by Gasteiger charge is -2.06. The summed E-state index contributed by atoms with van der Waals surface area (Å²) < 4.78 is 5.48. The first kappa shape index (κ1) is 9.77. The maximum Gasteiger partial charge on any atom is 0.289 e. The number of furan rings is 1. The van der Waals surface area contributed by atoms with Crippen molar-refractivity contribution in [2.24, 2.45) is 0 Å². The highest BCUT2D eigenvalue weighted by atomic mass is 16.3. The van der Waals surface area contributed by atoms with Crippen LogP contribution in [-0.2, 0) is 0 Å². The molecule has 0 atom stereocenters. The highest BCUT2D eigenvalue weighted by molar-refractivity contribution is 5.95. The molecule has 0 bridgehead atoms. The Kier molecular flexibility index (Phi) is 2.23. The van der Waals surface area contributed by atoms with Gasteiger partial charge in [0, 0.05) is 19.5 Å².